The fourth-order valence-electron chi connectivity index (χ4n) is 4.12. The molecular formula is C23H25NO3S. The highest BCUT2D eigenvalue weighted by Gasteiger charge is 2.27. The van der Waals surface area contributed by atoms with Crippen LogP contribution in [0.3, 0.4) is 0 Å². The van der Waals surface area contributed by atoms with Crippen LogP contribution in [-0.2, 0) is 17.6 Å². The molecule has 0 bridgehead atoms. The number of hydrogen-bond donors (Lipinski definition) is 1. The Balaban J connectivity index is 1.51. The van der Waals surface area contributed by atoms with Gasteiger partial charge in [0.2, 0.25) is 5.78 Å². The van der Waals surface area contributed by atoms with Crippen molar-refractivity contribution < 1.29 is 14.3 Å². The van der Waals surface area contributed by atoms with Gasteiger partial charge < -0.3 is 9.72 Å². The van der Waals surface area contributed by atoms with Gasteiger partial charge in [0.25, 0.3) is 0 Å². The number of benzene rings is 1. The van der Waals surface area contributed by atoms with E-state index < -0.39 is 12.1 Å². The van der Waals surface area contributed by atoms with Crippen molar-refractivity contribution in [2.45, 2.75) is 52.6 Å². The maximum atomic E-state index is 13.0. The van der Waals surface area contributed by atoms with Crippen molar-refractivity contribution in [1.82, 2.24) is 4.98 Å². The number of rotatable bonds is 5. The van der Waals surface area contributed by atoms with E-state index in [9.17, 15) is 9.59 Å². The Morgan fingerprint density at radius 3 is 2.89 bits per heavy atom. The summed E-state index contributed by atoms with van der Waals surface area (Å²) in [5.41, 5.74) is 3.60. The number of hydrogen-bond acceptors (Lipinski definition) is 4. The van der Waals surface area contributed by atoms with E-state index in [1.165, 1.54) is 34.6 Å². The van der Waals surface area contributed by atoms with Gasteiger partial charge in [-0.25, -0.2) is 4.79 Å². The number of carbonyl (C=O) groups is 2. The summed E-state index contributed by atoms with van der Waals surface area (Å²) in [5, 5.41) is 0.866. The molecule has 0 amide bonds. The van der Waals surface area contributed by atoms with E-state index >= 15 is 0 Å². The van der Waals surface area contributed by atoms with Crippen molar-refractivity contribution in [2.24, 2.45) is 5.92 Å². The van der Waals surface area contributed by atoms with Gasteiger partial charge in [-0.3, -0.25) is 4.79 Å². The van der Waals surface area contributed by atoms with E-state index in [4.69, 9.17) is 4.74 Å². The summed E-state index contributed by atoms with van der Waals surface area (Å²) < 4.78 is 5.56. The lowest BCUT2D eigenvalue weighted by Gasteiger charge is -2.19. The standard InChI is InChI=1S/C23H25NO3S/c1-4-15-9-10-19-16(11-15)12-20(28-19)23(26)27-14(3)22(25)21-13(2)24-18-8-6-5-7-17(18)21/h5-8,12,14-15,24H,4,9-11H2,1-3H3/t14-,15-/m1/s1. The van der Waals surface area contributed by atoms with Gasteiger partial charge in [0.05, 0.1) is 0 Å². The molecule has 1 N–H and O–H groups in total. The number of thiophene rings is 1. The second-order valence-electron chi connectivity index (χ2n) is 7.66. The number of Topliss-reactive ketones (excluding diaryl/α,β-unsaturated/α-hetero) is 1. The Labute approximate surface area is 168 Å². The van der Waals surface area contributed by atoms with Gasteiger partial charge >= 0.3 is 5.97 Å². The third kappa shape index (κ3) is 3.39. The molecule has 0 radical (unpaired) electrons. The predicted molar refractivity (Wildman–Crippen MR) is 112 cm³/mol. The minimum absolute atomic E-state index is 0.171. The van der Waals surface area contributed by atoms with E-state index in [1.54, 1.807) is 6.92 Å². The maximum absolute atomic E-state index is 13.0. The van der Waals surface area contributed by atoms with Gasteiger partial charge in [-0.05, 0) is 56.7 Å². The monoisotopic (exact) mass is 395 g/mol. The van der Waals surface area contributed by atoms with Gasteiger partial charge in [-0.15, -0.1) is 11.3 Å². The Kier molecular flexibility index (Phi) is 5.11. The topological polar surface area (TPSA) is 59.2 Å². The molecule has 0 fully saturated rings. The number of ether oxygens (including phenoxy) is 1. The highest BCUT2D eigenvalue weighted by Crippen LogP contribution is 2.34. The summed E-state index contributed by atoms with van der Waals surface area (Å²) in [6, 6.07) is 9.66. The van der Waals surface area contributed by atoms with E-state index in [-0.39, 0.29) is 5.78 Å². The minimum Gasteiger partial charge on any atom is -0.450 e. The van der Waals surface area contributed by atoms with Crippen molar-refractivity contribution in [3.63, 3.8) is 0 Å². The van der Waals surface area contributed by atoms with E-state index in [0.29, 0.717) is 16.4 Å². The van der Waals surface area contributed by atoms with Gasteiger partial charge in [0.15, 0.2) is 6.10 Å². The van der Waals surface area contributed by atoms with Gasteiger partial charge in [0, 0.05) is 27.0 Å². The van der Waals surface area contributed by atoms with Crippen LogP contribution >= 0.6 is 11.3 Å². The van der Waals surface area contributed by atoms with Crippen LogP contribution < -0.4 is 0 Å². The van der Waals surface area contributed by atoms with Gasteiger partial charge in [0.1, 0.15) is 4.88 Å². The molecule has 5 heteroatoms. The minimum atomic E-state index is -0.826. The van der Waals surface area contributed by atoms with Crippen molar-refractivity contribution in [2.75, 3.05) is 0 Å². The number of aromatic nitrogens is 1. The number of aryl methyl sites for hydroxylation is 2. The van der Waals surface area contributed by atoms with Crippen LogP contribution in [0, 0.1) is 12.8 Å². The average molecular weight is 396 g/mol. The Morgan fingerprint density at radius 1 is 1.32 bits per heavy atom. The quantitative estimate of drug-likeness (QED) is 0.460. The first-order valence-corrected chi connectivity index (χ1v) is 10.7. The molecule has 0 saturated carbocycles. The van der Waals surface area contributed by atoms with E-state index in [0.717, 1.165) is 29.4 Å². The molecule has 0 spiro atoms. The molecule has 1 aliphatic rings. The van der Waals surface area contributed by atoms with Crippen molar-refractivity contribution in [3.05, 3.63) is 56.9 Å². The van der Waals surface area contributed by atoms with Crippen molar-refractivity contribution >= 4 is 34.0 Å². The molecule has 2 aromatic heterocycles. The fourth-order valence-corrected chi connectivity index (χ4v) is 5.21. The number of carbonyl (C=O) groups excluding carboxylic acids is 2. The molecule has 2 heterocycles. The molecule has 28 heavy (non-hydrogen) atoms. The highest BCUT2D eigenvalue weighted by molar-refractivity contribution is 7.14. The molecule has 0 saturated heterocycles. The second-order valence-corrected chi connectivity index (χ2v) is 8.80. The number of aromatic amines is 1. The van der Waals surface area contributed by atoms with Crippen LogP contribution in [0.5, 0.6) is 0 Å². The smallest absolute Gasteiger partial charge is 0.349 e. The van der Waals surface area contributed by atoms with Crippen LogP contribution in [0.25, 0.3) is 10.9 Å². The summed E-state index contributed by atoms with van der Waals surface area (Å²) >= 11 is 1.52. The normalized spacial score (nSPS) is 17.3. The summed E-state index contributed by atoms with van der Waals surface area (Å²) in [5.74, 6) is 0.137. The van der Waals surface area contributed by atoms with Crippen molar-refractivity contribution in [3.8, 4) is 0 Å². The Bertz CT molecular complexity index is 1050. The zero-order chi connectivity index (χ0) is 19.8. The summed E-state index contributed by atoms with van der Waals surface area (Å²) in [4.78, 5) is 30.8. The Morgan fingerprint density at radius 2 is 2.11 bits per heavy atom. The lowest BCUT2D eigenvalue weighted by molar-refractivity contribution is 0.0324. The number of fused-ring (bicyclic) bond motifs is 2. The molecule has 4 rings (SSSR count). The average Bonchev–Trinajstić information content (AvgIpc) is 3.26. The molecule has 3 aromatic rings. The molecule has 4 nitrogen and oxygen atoms in total. The highest BCUT2D eigenvalue weighted by atomic mass is 32.1. The van der Waals surface area contributed by atoms with Crippen LogP contribution in [0.15, 0.2) is 30.3 Å². The number of para-hydroxylation sites is 1. The summed E-state index contributed by atoms with van der Waals surface area (Å²) in [7, 11) is 0. The molecule has 146 valence electrons. The van der Waals surface area contributed by atoms with Crippen LogP contribution in [0.4, 0.5) is 0 Å². The molecule has 2 atom stereocenters. The van der Waals surface area contributed by atoms with Crippen LogP contribution in [0.2, 0.25) is 0 Å². The fraction of sp³-hybridized carbons (Fsp3) is 0.391. The predicted octanol–water partition coefficient (Wildman–Crippen LogP) is 5.48. The SMILES string of the molecule is CC[C@@H]1CCc2sc(C(=O)O[C@H](C)C(=O)c3c(C)[nH]c4ccccc34)cc2C1. The molecular weight excluding hydrogens is 370 g/mol. The molecule has 0 aliphatic heterocycles. The second kappa shape index (κ2) is 7.55. The number of esters is 1. The van der Waals surface area contributed by atoms with Crippen LogP contribution in [-0.4, -0.2) is 22.8 Å². The van der Waals surface area contributed by atoms with Crippen molar-refractivity contribution in [1.29, 1.82) is 0 Å². The van der Waals surface area contributed by atoms with Gasteiger partial charge in [-0.1, -0.05) is 31.5 Å². The third-order valence-corrected chi connectivity index (χ3v) is 6.97. The number of H-pyrrole nitrogens is 1. The molecule has 1 aliphatic carbocycles. The first-order valence-electron chi connectivity index (χ1n) is 9.92. The van der Waals surface area contributed by atoms with E-state index in [2.05, 4.69) is 11.9 Å². The van der Waals surface area contributed by atoms with Crippen LogP contribution in [0.1, 0.15) is 62.9 Å². The largest absolute Gasteiger partial charge is 0.450 e. The zero-order valence-corrected chi connectivity index (χ0v) is 17.3. The molecule has 0 unspecified atom stereocenters. The lowest BCUT2D eigenvalue weighted by atomic mass is 9.87. The first-order chi connectivity index (χ1) is 13.5. The number of ketones is 1. The zero-order valence-electron chi connectivity index (χ0n) is 16.5. The van der Waals surface area contributed by atoms with E-state index in [1.807, 2.05) is 37.3 Å². The molecule has 1 aromatic carbocycles. The lowest BCUT2D eigenvalue weighted by Crippen LogP contribution is -2.24. The number of nitrogens with one attached hydrogen (secondary N) is 1. The van der Waals surface area contributed by atoms with Gasteiger partial charge in [-0.2, -0.15) is 0 Å². The maximum Gasteiger partial charge on any atom is 0.349 e. The first kappa shape index (κ1) is 18.9. The summed E-state index contributed by atoms with van der Waals surface area (Å²) in [6.07, 6.45) is 3.61. The third-order valence-electron chi connectivity index (χ3n) is 5.76. The Hall–Kier alpha value is -2.40. The summed E-state index contributed by atoms with van der Waals surface area (Å²) in [6.45, 7) is 5.75.